The van der Waals surface area contributed by atoms with Gasteiger partial charge in [0.25, 0.3) is 0 Å². The van der Waals surface area contributed by atoms with Crippen LogP contribution in [0.3, 0.4) is 0 Å². The van der Waals surface area contributed by atoms with E-state index < -0.39 is 29.0 Å². The number of hydrogen-bond acceptors (Lipinski definition) is 7. The highest BCUT2D eigenvalue weighted by molar-refractivity contribution is 9.09. The summed E-state index contributed by atoms with van der Waals surface area (Å²) in [5.74, 6) is 0.0552. The lowest BCUT2D eigenvalue weighted by Gasteiger charge is -2.16. The second-order valence-electron chi connectivity index (χ2n) is 3.99. The number of ether oxygens (including phenoxy) is 1. The molecule has 4 atom stereocenters. The number of nitrogens with two attached hydrogens (primary N) is 1. The van der Waals surface area contributed by atoms with Gasteiger partial charge < -0.3 is 20.7 Å². The number of alkyl halides is 1. The molecule has 18 heavy (non-hydrogen) atoms. The molecule has 1 aliphatic heterocycles. The number of aliphatic hydroxyl groups is 2. The first-order chi connectivity index (χ1) is 8.45. The van der Waals surface area contributed by atoms with Crippen LogP contribution in [-0.2, 0) is 4.74 Å². The first kappa shape index (κ1) is 13.4. The van der Waals surface area contributed by atoms with E-state index in [2.05, 4.69) is 26.0 Å². The maximum atomic E-state index is 11.7. The molecular weight excluding hydrogens is 308 g/mol. The second kappa shape index (κ2) is 4.92. The minimum Gasteiger partial charge on any atom is -0.394 e. The van der Waals surface area contributed by atoms with Crippen molar-refractivity contribution in [3.05, 3.63) is 16.2 Å². The van der Waals surface area contributed by atoms with E-state index in [4.69, 9.17) is 15.6 Å². The Kier molecular flexibility index (Phi) is 3.66. The quantitative estimate of drug-likeness (QED) is 0.569. The van der Waals surface area contributed by atoms with E-state index in [9.17, 15) is 9.90 Å². The van der Waals surface area contributed by atoms with E-state index in [1.54, 1.807) is 6.92 Å². The number of halogens is 1. The SMILES string of the molecule is Cc1nn([C@@H]2O[C@H](CO)[C@@H](O)[C@@H]2Br)c(=O)nc1N. The summed E-state index contributed by atoms with van der Waals surface area (Å²) < 4.78 is 6.37. The van der Waals surface area contributed by atoms with Gasteiger partial charge in [-0.05, 0) is 6.92 Å². The van der Waals surface area contributed by atoms with E-state index in [0.29, 0.717) is 5.69 Å². The lowest BCUT2D eigenvalue weighted by atomic mass is 10.2. The van der Waals surface area contributed by atoms with Gasteiger partial charge in [-0.1, -0.05) is 15.9 Å². The molecule has 0 saturated carbocycles. The van der Waals surface area contributed by atoms with Gasteiger partial charge in [0.2, 0.25) is 0 Å². The number of aromatic nitrogens is 3. The van der Waals surface area contributed by atoms with Crippen molar-refractivity contribution in [2.45, 2.75) is 30.2 Å². The van der Waals surface area contributed by atoms with Gasteiger partial charge in [0.15, 0.2) is 12.0 Å². The maximum absolute atomic E-state index is 11.7. The lowest BCUT2D eigenvalue weighted by Crippen LogP contribution is -2.35. The van der Waals surface area contributed by atoms with E-state index in [1.165, 1.54) is 0 Å². The number of nitrogens with zero attached hydrogens (tertiary/aromatic N) is 3. The largest absolute Gasteiger partial charge is 0.394 e. The van der Waals surface area contributed by atoms with E-state index in [1.807, 2.05) is 0 Å². The highest BCUT2D eigenvalue weighted by Crippen LogP contribution is 2.33. The van der Waals surface area contributed by atoms with Gasteiger partial charge in [-0.3, -0.25) is 0 Å². The highest BCUT2D eigenvalue weighted by atomic mass is 79.9. The van der Waals surface area contributed by atoms with Crippen molar-refractivity contribution < 1.29 is 14.9 Å². The summed E-state index contributed by atoms with van der Waals surface area (Å²) in [6, 6.07) is 0. The molecule has 8 nitrogen and oxygen atoms in total. The Hall–Kier alpha value is -1.03. The molecule has 0 spiro atoms. The molecule has 4 N–H and O–H groups in total. The Balaban J connectivity index is 2.39. The summed E-state index contributed by atoms with van der Waals surface area (Å²) in [5, 5.41) is 22.8. The van der Waals surface area contributed by atoms with Gasteiger partial charge in [0.1, 0.15) is 11.8 Å². The van der Waals surface area contributed by atoms with Crippen molar-refractivity contribution in [2.24, 2.45) is 0 Å². The van der Waals surface area contributed by atoms with Crippen molar-refractivity contribution in [1.82, 2.24) is 14.8 Å². The van der Waals surface area contributed by atoms with Gasteiger partial charge in [-0.2, -0.15) is 14.8 Å². The van der Waals surface area contributed by atoms with Crippen LogP contribution in [0.5, 0.6) is 0 Å². The molecule has 100 valence electrons. The van der Waals surface area contributed by atoms with Crippen LogP contribution in [0.2, 0.25) is 0 Å². The van der Waals surface area contributed by atoms with Crippen molar-refractivity contribution in [3.8, 4) is 0 Å². The smallest absolute Gasteiger partial charge is 0.368 e. The van der Waals surface area contributed by atoms with E-state index in [0.717, 1.165) is 4.68 Å². The predicted molar refractivity (Wildman–Crippen MR) is 65.2 cm³/mol. The third-order valence-corrected chi connectivity index (χ3v) is 3.75. The molecule has 0 aliphatic carbocycles. The van der Waals surface area contributed by atoms with Crippen molar-refractivity contribution >= 4 is 21.7 Å². The Labute approximate surface area is 111 Å². The molecule has 1 aliphatic rings. The van der Waals surface area contributed by atoms with Crippen molar-refractivity contribution in [1.29, 1.82) is 0 Å². The monoisotopic (exact) mass is 320 g/mol. The zero-order valence-corrected chi connectivity index (χ0v) is 11.1. The number of hydrogen-bond donors (Lipinski definition) is 3. The third kappa shape index (κ3) is 2.14. The van der Waals surface area contributed by atoms with Crippen LogP contribution in [-0.4, -0.2) is 48.6 Å². The molecule has 2 rings (SSSR count). The average Bonchev–Trinajstić information content (AvgIpc) is 2.61. The van der Waals surface area contributed by atoms with E-state index >= 15 is 0 Å². The van der Waals surface area contributed by atoms with Gasteiger partial charge in [-0.25, -0.2) is 4.79 Å². The highest BCUT2D eigenvalue weighted by Gasteiger charge is 2.44. The Bertz CT molecular complexity index is 508. The van der Waals surface area contributed by atoms with Crippen LogP contribution < -0.4 is 11.4 Å². The van der Waals surface area contributed by atoms with Gasteiger partial charge in [0, 0.05) is 0 Å². The molecule has 0 amide bonds. The molecular formula is C9H13BrN4O4. The Morgan fingerprint density at radius 3 is 2.83 bits per heavy atom. The third-order valence-electron chi connectivity index (χ3n) is 2.76. The summed E-state index contributed by atoms with van der Waals surface area (Å²) in [6.45, 7) is 1.26. The first-order valence-electron chi connectivity index (χ1n) is 5.27. The molecule has 0 radical (unpaired) electrons. The zero-order valence-electron chi connectivity index (χ0n) is 9.52. The first-order valence-corrected chi connectivity index (χ1v) is 6.18. The number of aryl methyl sites for hydroxylation is 1. The van der Waals surface area contributed by atoms with Crippen molar-refractivity contribution in [3.63, 3.8) is 0 Å². The number of aliphatic hydroxyl groups excluding tert-OH is 2. The van der Waals surface area contributed by atoms with Crippen molar-refractivity contribution in [2.75, 3.05) is 12.3 Å². The van der Waals surface area contributed by atoms with Crippen LogP contribution in [0.15, 0.2) is 4.79 Å². The summed E-state index contributed by atoms with van der Waals surface area (Å²) in [6.07, 6.45) is -2.55. The Morgan fingerprint density at radius 2 is 2.28 bits per heavy atom. The second-order valence-corrected chi connectivity index (χ2v) is 5.05. The van der Waals surface area contributed by atoms with E-state index in [-0.39, 0.29) is 12.4 Å². The minimum atomic E-state index is -0.938. The number of anilines is 1. The fourth-order valence-corrected chi connectivity index (χ4v) is 2.40. The molecule has 1 saturated heterocycles. The molecule has 0 bridgehead atoms. The number of nitrogen functional groups attached to an aromatic ring is 1. The fourth-order valence-electron chi connectivity index (χ4n) is 1.71. The van der Waals surface area contributed by atoms with Crippen LogP contribution >= 0.6 is 15.9 Å². The lowest BCUT2D eigenvalue weighted by molar-refractivity contribution is -0.0503. The van der Waals surface area contributed by atoms with Crippen LogP contribution in [0, 0.1) is 6.92 Å². The molecule has 1 aromatic rings. The summed E-state index contributed by atoms with van der Waals surface area (Å²) in [7, 11) is 0. The van der Waals surface area contributed by atoms with Gasteiger partial charge in [-0.15, -0.1) is 0 Å². The zero-order chi connectivity index (χ0) is 13.4. The molecule has 0 unspecified atom stereocenters. The maximum Gasteiger partial charge on any atom is 0.368 e. The average molecular weight is 321 g/mol. The number of rotatable bonds is 2. The van der Waals surface area contributed by atoms with Crippen LogP contribution in [0.1, 0.15) is 11.9 Å². The van der Waals surface area contributed by atoms with Crippen LogP contribution in [0.4, 0.5) is 5.82 Å². The molecule has 1 aromatic heterocycles. The standard InChI is InChI=1S/C9H13BrN4O4/c1-3-7(11)12-9(17)14(13-3)8-5(10)6(16)4(2-15)18-8/h4-6,8,15-16H,2H2,1H3,(H2,11,12,17)/t4-,5+,6-,8-/m1/s1. The van der Waals surface area contributed by atoms with Gasteiger partial charge in [0.05, 0.1) is 17.5 Å². The fraction of sp³-hybridized carbons (Fsp3) is 0.667. The Morgan fingerprint density at radius 1 is 1.61 bits per heavy atom. The summed E-state index contributed by atoms with van der Waals surface area (Å²) >= 11 is 3.22. The molecule has 0 aromatic carbocycles. The molecule has 9 heteroatoms. The summed E-state index contributed by atoms with van der Waals surface area (Å²) in [5.41, 5.74) is 5.20. The predicted octanol–water partition coefficient (Wildman–Crippen LogP) is -1.46. The molecule has 1 fully saturated rings. The minimum absolute atomic E-state index is 0.0552. The van der Waals surface area contributed by atoms with Gasteiger partial charge >= 0.3 is 5.69 Å². The molecule has 2 heterocycles. The topological polar surface area (TPSA) is 123 Å². The normalized spacial score (nSPS) is 31.8. The summed E-state index contributed by atoms with van der Waals surface area (Å²) in [4.78, 5) is 14.7. The van der Waals surface area contributed by atoms with Crippen LogP contribution in [0.25, 0.3) is 0 Å².